The highest BCUT2D eigenvalue weighted by Crippen LogP contribution is 2.38. The Kier molecular flexibility index (Phi) is 7.25. The molecule has 0 N–H and O–H groups in total. The molecule has 0 aliphatic heterocycles. The van der Waals surface area contributed by atoms with Crippen molar-refractivity contribution in [2.75, 3.05) is 0 Å². The van der Waals surface area contributed by atoms with Gasteiger partial charge in [0.15, 0.2) is 29.0 Å². The fourth-order valence-electron chi connectivity index (χ4n) is 3.82. The maximum Gasteiger partial charge on any atom is 0.429 e. The van der Waals surface area contributed by atoms with Crippen molar-refractivity contribution in [2.45, 2.75) is 25.9 Å². The van der Waals surface area contributed by atoms with E-state index in [9.17, 15) is 35.1 Å². The molecule has 0 fully saturated rings. The van der Waals surface area contributed by atoms with E-state index in [4.69, 9.17) is 0 Å². The first-order chi connectivity index (χ1) is 17.5. The van der Waals surface area contributed by atoms with Crippen LogP contribution in [-0.4, -0.2) is 0 Å². The number of rotatable bonds is 7. The number of aryl methyl sites for hydroxylation is 1. The summed E-state index contributed by atoms with van der Waals surface area (Å²) in [5.41, 5.74) is -0.544. The lowest BCUT2D eigenvalue weighted by Crippen LogP contribution is -2.24. The summed E-state index contributed by atoms with van der Waals surface area (Å²) in [5, 5.41) is 0. The maximum absolute atomic E-state index is 14.8. The largest absolute Gasteiger partial charge is 0.429 e. The molecule has 192 valence electrons. The first-order valence-electron chi connectivity index (χ1n) is 11.1. The van der Waals surface area contributed by atoms with Crippen molar-refractivity contribution in [3.63, 3.8) is 0 Å². The third kappa shape index (κ3) is 5.30. The Balaban J connectivity index is 1.61. The third-order valence-electron chi connectivity index (χ3n) is 5.69. The predicted octanol–water partition coefficient (Wildman–Crippen LogP) is 8.94. The van der Waals surface area contributed by atoms with Crippen LogP contribution in [0.4, 0.5) is 35.1 Å². The average Bonchev–Trinajstić information content (AvgIpc) is 2.85. The van der Waals surface area contributed by atoms with Crippen molar-refractivity contribution in [3.05, 3.63) is 113 Å². The molecule has 0 saturated heterocycles. The minimum absolute atomic E-state index is 0.320. The molecule has 0 aliphatic rings. The molecule has 0 amide bonds. The summed E-state index contributed by atoms with van der Waals surface area (Å²) >= 11 is 0. The number of halogens is 8. The summed E-state index contributed by atoms with van der Waals surface area (Å²) in [6, 6.07) is 12.2. The molecule has 1 nitrogen and oxygen atoms in total. The first-order valence-corrected chi connectivity index (χ1v) is 11.1. The topological polar surface area (TPSA) is 9.23 Å². The molecule has 0 atom stereocenters. The average molecular weight is 522 g/mol. The Labute approximate surface area is 207 Å². The summed E-state index contributed by atoms with van der Waals surface area (Å²) in [5.74, 6) is -11.4. The van der Waals surface area contributed by atoms with Crippen LogP contribution in [0.15, 0.2) is 66.7 Å². The first kappa shape index (κ1) is 26.2. The van der Waals surface area contributed by atoms with Crippen LogP contribution in [0, 0.1) is 34.9 Å². The van der Waals surface area contributed by atoms with Gasteiger partial charge in [0.05, 0.1) is 5.56 Å². The minimum Gasteiger partial charge on any atom is -0.426 e. The SMILES string of the molecule is CCCc1ccc(-c2ccc(C(F)(F)Oc3ccc(-c4cc(F)c(F)c(F)c4)c(F)c3F)c(F)c2)cc1. The Bertz CT molecular complexity index is 1420. The monoisotopic (exact) mass is 522 g/mol. The summed E-state index contributed by atoms with van der Waals surface area (Å²) in [4.78, 5) is 0. The lowest BCUT2D eigenvalue weighted by Gasteiger charge is -2.20. The standard InChI is InChI=1S/C28H18F8O/c1-2-3-15-4-6-16(7-5-15)17-8-10-20(21(29)12-17)28(35,36)37-24-11-9-19(25(32)27(24)34)18-13-22(30)26(33)23(31)14-18/h4-14H,2-3H2,1H3. The van der Waals surface area contributed by atoms with Gasteiger partial charge >= 0.3 is 6.11 Å². The van der Waals surface area contributed by atoms with Gasteiger partial charge in [0.1, 0.15) is 5.82 Å². The normalized spacial score (nSPS) is 11.6. The molecular formula is C28H18F8O. The Morgan fingerprint density at radius 2 is 1.22 bits per heavy atom. The molecule has 0 radical (unpaired) electrons. The van der Waals surface area contributed by atoms with Gasteiger partial charge in [0.2, 0.25) is 5.82 Å². The zero-order valence-corrected chi connectivity index (χ0v) is 19.2. The molecule has 0 saturated carbocycles. The molecule has 0 unspecified atom stereocenters. The van der Waals surface area contributed by atoms with Crippen LogP contribution in [0.1, 0.15) is 24.5 Å². The number of hydrogen-bond acceptors (Lipinski definition) is 1. The quantitative estimate of drug-likeness (QED) is 0.174. The lowest BCUT2D eigenvalue weighted by molar-refractivity contribution is -0.189. The van der Waals surface area contributed by atoms with E-state index in [0.29, 0.717) is 29.3 Å². The fourth-order valence-corrected chi connectivity index (χ4v) is 3.82. The van der Waals surface area contributed by atoms with E-state index in [1.165, 1.54) is 6.07 Å². The summed E-state index contributed by atoms with van der Waals surface area (Å²) < 4.78 is 118. The molecule has 9 heteroatoms. The summed E-state index contributed by atoms with van der Waals surface area (Å²) in [6.07, 6.45) is -2.61. The number of hydrogen-bond donors (Lipinski definition) is 0. The van der Waals surface area contributed by atoms with E-state index in [-0.39, 0.29) is 0 Å². The smallest absolute Gasteiger partial charge is 0.426 e. The van der Waals surface area contributed by atoms with Crippen LogP contribution in [0.25, 0.3) is 22.3 Å². The fraction of sp³-hybridized carbons (Fsp3) is 0.143. The second kappa shape index (κ2) is 10.2. The van der Waals surface area contributed by atoms with Crippen molar-refractivity contribution in [1.82, 2.24) is 0 Å². The van der Waals surface area contributed by atoms with E-state index in [1.54, 1.807) is 12.1 Å². The van der Waals surface area contributed by atoms with Crippen molar-refractivity contribution in [3.8, 4) is 28.0 Å². The molecule has 37 heavy (non-hydrogen) atoms. The zero-order chi connectivity index (χ0) is 26.9. The van der Waals surface area contributed by atoms with Gasteiger partial charge in [-0.15, -0.1) is 0 Å². The highest BCUT2D eigenvalue weighted by molar-refractivity contribution is 5.66. The number of benzene rings is 4. The summed E-state index contributed by atoms with van der Waals surface area (Å²) in [7, 11) is 0. The highest BCUT2D eigenvalue weighted by Gasteiger charge is 2.39. The van der Waals surface area contributed by atoms with Crippen molar-refractivity contribution in [2.24, 2.45) is 0 Å². The summed E-state index contributed by atoms with van der Waals surface area (Å²) in [6.45, 7) is 2.02. The molecule has 0 aromatic heterocycles. The maximum atomic E-state index is 14.8. The number of ether oxygens (including phenoxy) is 1. The van der Waals surface area contributed by atoms with Crippen molar-refractivity contribution in [1.29, 1.82) is 0 Å². The van der Waals surface area contributed by atoms with Crippen LogP contribution >= 0.6 is 0 Å². The molecule has 0 bridgehead atoms. The Hall–Kier alpha value is -3.88. The molecule has 4 rings (SSSR count). The molecular weight excluding hydrogens is 504 g/mol. The van der Waals surface area contributed by atoms with E-state index < -0.39 is 63.5 Å². The lowest BCUT2D eigenvalue weighted by atomic mass is 10.0. The van der Waals surface area contributed by atoms with Crippen molar-refractivity contribution < 1.29 is 39.9 Å². The number of alkyl halides is 2. The highest BCUT2D eigenvalue weighted by atomic mass is 19.3. The van der Waals surface area contributed by atoms with Crippen LogP contribution in [0.2, 0.25) is 0 Å². The van der Waals surface area contributed by atoms with Gasteiger partial charge in [-0.3, -0.25) is 0 Å². The van der Waals surface area contributed by atoms with E-state index in [1.807, 2.05) is 19.1 Å². The second-order valence-electron chi connectivity index (χ2n) is 8.25. The van der Waals surface area contributed by atoms with Gasteiger partial charge in [-0.2, -0.15) is 13.2 Å². The van der Waals surface area contributed by atoms with Gasteiger partial charge < -0.3 is 4.74 Å². The van der Waals surface area contributed by atoms with Crippen LogP contribution in [0.5, 0.6) is 5.75 Å². The van der Waals surface area contributed by atoms with Gasteiger partial charge in [-0.1, -0.05) is 43.7 Å². The molecule has 4 aromatic rings. The Morgan fingerprint density at radius 3 is 1.81 bits per heavy atom. The third-order valence-corrected chi connectivity index (χ3v) is 5.69. The van der Waals surface area contributed by atoms with Gasteiger partial charge in [0, 0.05) is 5.56 Å². The van der Waals surface area contributed by atoms with Crippen LogP contribution < -0.4 is 4.74 Å². The minimum atomic E-state index is -4.41. The van der Waals surface area contributed by atoms with Crippen LogP contribution in [0.3, 0.4) is 0 Å². The molecule has 0 spiro atoms. The van der Waals surface area contributed by atoms with Gasteiger partial charge in [0.25, 0.3) is 0 Å². The Morgan fingerprint density at radius 1 is 0.622 bits per heavy atom. The van der Waals surface area contributed by atoms with Crippen LogP contribution in [-0.2, 0) is 12.5 Å². The van der Waals surface area contributed by atoms with E-state index in [0.717, 1.165) is 36.6 Å². The van der Waals surface area contributed by atoms with E-state index >= 15 is 0 Å². The molecule has 4 aromatic carbocycles. The predicted molar refractivity (Wildman–Crippen MR) is 122 cm³/mol. The molecule has 0 heterocycles. The van der Waals surface area contributed by atoms with Crippen molar-refractivity contribution >= 4 is 0 Å². The second-order valence-corrected chi connectivity index (χ2v) is 8.25. The molecule has 0 aliphatic carbocycles. The zero-order valence-electron chi connectivity index (χ0n) is 19.2. The van der Waals surface area contributed by atoms with Gasteiger partial charge in [-0.25, -0.2) is 22.0 Å². The van der Waals surface area contributed by atoms with Gasteiger partial charge in [-0.05, 0) is 65.1 Å². The van der Waals surface area contributed by atoms with E-state index in [2.05, 4.69) is 4.74 Å².